The Kier molecular flexibility index (Phi) is 6.19. The second-order valence-corrected chi connectivity index (χ2v) is 9.08. The average Bonchev–Trinajstić information content (AvgIpc) is 3.20. The number of nitrogen functional groups attached to an aromatic ring is 1. The number of hydrogen-bond acceptors (Lipinski definition) is 7. The molecular weight excluding hydrogens is 477 g/mol. The number of thioether (sulfide) groups is 1. The van der Waals surface area contributed by atoms with E-state index < -0.39 is 0 Å². The van der Waals surface area contributed by atoms with Gasteiger partial charge in [-0.1, -0.05) is 65.3 Å². The minimum atomic E-state index is -0.369. The van der Waals surface area contributed by atoms with Crippen molar-refractivity contribution in [1.29, 1.82) is 0 Å². The molecule has 3 aromatic heterocycles. The van der Waals surface area contributed by atoms with Gasteiger partial charge in [0.2, 0.25) is 5.91 Å². The summed E-state index contributed by atoms with van der Waals surface area (Å²) in [6.07, 6.45) is 1.42. The fourth-order valence-corrected chi connectivity index (χ4v) is 4.95. The molecule has 0 unspecified atom stereocenters. The van der Waals surface area contributed by atoms with Crippen molar-refractivity contribution >= 4 is 68.2 Å². The molecule has 0 aliphatic rings. The Labute approximate surface area is 195 Å². The molecule has 31 heavy (non-hydrogen) atoms. The highest BCUT2D eigenvalue weighted by molar-refractivity contribution is 7.99. The molecule has 1 amide bonds. The standard InChI is InChI=1S/C20H15Cl2N5O2S2/c1-10-13(21)7-24-17(16(10)22)25-14(28)9-31-20-26-18-15(19(29)27(20)23)12(8-30-18)11-5-3-2-4-6-11/h2-8H,9,23H2,1H3,(H,24,25,28). The SMILES string of the molecule is Cc1c(Cl)cnc(NC(=O)CSc2nc3scc(-c4ccccc4)c3c(=O)n2N)c1Cl. The summed E-state index contributed by atoms with van der Waals surface area (Å²) in [4.78, 5) is 34.4. The first kappa shape index (κ1) is 21.6. The molecule has 4 aromatic rings. The monoisotopic (exact) mass is 491 g/mol. The van der Waals surface area contributed by atoms with Crippen molar-refractivity contribution in [3.05, 3.63) is 67.9 Å². The number of pyridine rings is 1. The molecule has 0 spiro atoms. The summed E-state index contributed by atoms with van der Waals surface area (Å²) >= 11 is 14.5. The fourth-order valence-electron chi connectivity index (χ4n) is 2.86. The van der Waals surface area contributed by atoms with Gasteiger partial charge in [0.25, 0.3) is 5.56 Å². The van der Waals surface area contributed by atoms with Crippen molar-refractivity contribution in [2.45, 2.75) is 12.1 Å². The number of carbonyl (C=O) groups is 1. The molecule has 7 nitrogen and oxygen atoms in total. The Morgan fingerprint density at radius 1 is 1.29 bits per heavy atom. The van der Waals surface area contributed by atoms with Crippen molar-refractivity contribution in [2.24, 2.45) is 0 Å². The number of hydrogen-bond donors (Lipinski definition) is 2. The van der Waals surface area contributed by atoms with Gasteiger partial charge >= 0.3 is 0 Å². The molecule has 0 saturated carbocycles. The maximum Gasteiger partial charge on any atom is 0.282 e. The average molecular weight is 492 g/mol. The van der Waals surface area contributed by atoms with E-state index in [1.807, 2.05) is 35.7 Å². The lowest BCUT2D eigenvalue weighted by Crippen LogP contribution is -2.30. The third kappa shape index (κ3) is 4.27. The smallest absolute Gasteiger partial charge is 0.282 e. The maximum absolute atomic E-state index is 12.9. The topological polar surface area (TPSA) is 103 Å². The first-order chi connectivity index (χ1) is 14.9. The van der Waals surface area contributed by atoms with Gasteiger partial charge in [-0.2, -0.15) is 0 Å². The van der Waals surface area contributed by atoms with E-state index in [1.54, 1.807) is 6.92 Å². The largest absolute Gasteiger partial charge is 0.334 e. The Hall–Kier alpha value is -2.59. The van der Waals surface area contributed by atoms with Crippen LogP contribution in [0.1, 0.15) is 5.56 Å². The van der Waals surface area contributed by atoms with Gasteiger partial charge in [-0.3, -0.25) is 9.59 Å². The lowest BCUT2D eigenvalue weighted by molar-refractivity contribution is -0.113. The zero-order chi connectivity index (χ0) is 22.1. The van der Waals surface area contributed by atoms with Crippen LogP contribution in [0, 0.1) is 6.92 Å². The van der Waals surface area contributed by atoms with Crippen LogP contribution >= 0.6 is 46.3 Å². The highest BCUT2D eigenvalue weighted by Crippen LogP contribution is 2.32. The van der Waals surface area contributed by atoms with E-state index in [4.69, 9.17) is 29.0 Å². The number of nitrogens with zero attached hydrogens (tertiary/aromatic N) is 3. The predicted molar refractivity (Wildman–Crippen MR) is 128 cm³/mol. The molecule has 0 aliphatic heterocycles. The normalized spacial score (nSPS) is 11.1. The third-order valence-electron chi connectivity index (χ3n) is 4.48. The second-order valence-electron chi connectivity index (χ2n) is 6.50. The number of benzene rings is 1. The number of amides is 1. The zero-order valence-corrected chi connectivity index (χ0v) is 19.2. The minimum absolute atomic E-state index is 0.0360. The van der Waals surface area contributed by atoms with E-state index in [2.05, 4.69) is 15.3 Å². The van der Waals surface area contributed by atoms with Gasteiger partial charge in [-0.15, -0.1) is 11.3 Å². The second kappa shape index (κ2) is 8.88. The number of thiophene rings is 1. The molecule has 0 bridgehead atoms. The minimum Gasteiger partial charge on any atom is -0.334 e. The molecular formula is C20H15Cl2N5O2S2. The summed E-state index contributed by atoms with van der Waals surface area (Å²) < 4.78 is 0.969. The fraction of sp³-hybridized carbons (Fsp3) is 0.100. The summed E-state index contributed by atoms with van der Waals surface area (Å²) in [5.74, 6) is 5.81. The highest BCUT2D eigenvalue weighted by Gasteiger charge is 2.18. The zero-order valence-electron chi connectivity index (χ0n) is 16.1. The van der Waals surface area contributed by atoms with E-state index in [1.165, 1.54) is 17.5 Å². The van der Waals surface area contributed by atoms with Gasteiger partial charge in [0.1, 0.15) is 4.83 Å². The van der Waals surface area contributed by atoms with Gasteiger partial charge in [-0.25, -0.2) is 14.6 Å². The molecule has 0 fully saturated rings. The molecule has 11 heteroatoms. The summed E-state index contributed by atoms with van der Waals surface area (Å²) in [6.45, 7) is 1.73. The van der Waals surface area contributed by atoms with Crippen LogP contribution in [-0.2, 0) is 4.79 Å². The van der Waals surface area contributed by atoms with Crippen LogP contribution < -0.4 is 16.7 Å². The van der Waals surface area contributed by atoms with Crippen molar-refractivity contribution in [1.82, 2.24) is 14.6 Å². The number of halogens is 2. The molecule has 4 rings (SSSR count). The van der Waals surface area contributed by atoms with Crippen molar-refractivity contribution < 1.29 is 4.79 Å². The maximum atomic E-state index is 12.9. The Morgan fingerprint density at radius 2 is 2.03 bits per heavy atom. The number of fused-ring (bicyclic) bond motifs is 1. The molecule has 3 N–H and O–H groups in total. The molecule has 0 saturated heterocycles. The van der Waals surface area contributed by atoms with Crippen molar-refractivity contribution in [3.8, 4) is 11.1 Å². The molecule has 1 aromatic carbocycles. The van der Waals surface area contributed by atoms with E-state index >= 15 is 0 Å². The van der Waals surface area contributed by atoms with E-state index in [9.17, 15) is 9.59 Å². The number of anilines is 1. The highest BCUT2D eigenvalue weighted by atomic mass is 35.5. The lowest BCUT2D eigenvalue weighted by atomic mass is 10.1. The number of carbonyl (C=O) groups excluding carboxylic acids is 1. The van der Waals surface area contributed by atoms with Gasteiger partial charge in [0, 0.05) is 17.1 Å². The summed E-state index contributed by atoms with van der Waals surface area (Å²) in [5.41, 5.74) is 1.95. The van der Waals surface area contributed by atoms with Crippen LogP contribution in [0.3, 0.4) is 0 Å². The number of nitrogens with two attached hydrogens (primary N) is 1. The first-order valence-electron chi connectivity index (χ1n) is 8.94. The Balaban J connectivity index is 1.56. The van der Waals surface area contributed by atoms with Gasteiger partial charge < -0.3 is 11.2 Å². The van der Waals surface area contributed by atoms with Crippen LogP contribution in [0.25, 0.3) is 21.3 Å². The van der Waals surface area contributed by atoms with E-state index in [0.29, 0.717) is 20.8 Å². The molecule has 0 atom stereocenters. The van der Waals surface area contributed by atoms with Crippen LogP contribution in [-0.4, -0.2) is 26.3 Å². The third-order valence-corrected chi connectivity index (χ3v) is 7.15. The number of rotatable bonds is 5. The predicted octanol–water partition coefficient (Wildman–Crippen LogP) is 4.58. The molecule has 158 valence electrons. The first-order valence-corrected chi connectivity index (χ1v) is 11.6. The van der Waals surface area contributed by atoms with Crippen molar-refractivity contribution in [2.75, 3.05) is 16.9 Å². The number of aromatic nitrogens is 3. The van der Waals surface area contributed by atoms with E-state index in [-0.39, 0.29) is 33.2 Å². The quantitative estimate of drug-likeness (QED) is 0.240. The van der Waals surface area contributed by atoms with Crippen LogP contribution in [0.5, 0.6) is 0 Å². The molecule has 3 heterocycles. The van der Waals surface area contributed by atoms with Crippen LogP contribution in [0.2, 0.25) is 10.0 Å². The van der Waals surface area contributed by atoms with Crippen LogP contribution in [0.15, 0.2) is 51.9 Å². The Bertz CT molecular complexity index is 1360. The summed E-state index contributed by atoms with van der Waals surface area (Å²) in [6, 6.07) is 9.56. The number of nitrogens with one attached hydrogen (secondary N) is 1. The molecule has 0 radical (unpaired) electrons. The lowest BCUT2D eigenvalue weighted by Gasteiger charge is -2.10. The van der Waals surface area contributed by atoms with Crippen LogP contribution in [0.4, 0.5) is 5.82 Å². The van der Waals surface area contributed by atoms with Crippen molar-refractivity contribution in [3.63, 3.8) is 0 Å². The summed E-state index contributed by atoms with van der Waals surface area (Å²) in [7, 11) is 0. The van der Waals surface area contributed by atoms with E-state index in [0.717, 1.165) is 27.6 Å². The van der Waals surface area contributed by atoms with Gasteiger partial charge in [0.05, 0.1) is 21.2 Å². The molecule has 0 aliphatic carbocycles. The van der Waals surface area contributed by atoms with Gasteiger partial charge in [0.15, 0.2) is 11.0 Å². The Morgan fingerprint density at radius 3 is 2.77 bits per heavy atom. The van der Waals surface area contributed by atoms with Gasteiger partial charge in [-0.05, 0) is 18.1 Å². The summed E-state index contributed by atoms with van der Waals surface area (Å²) in [5, 5.41) is 5.89.